The van der Waals surface area contributed by atoms with Crippen LogP contribution in [0.1, 0.15) is 66.7 Å². The van der Waals surface area contributed by atoms with Crippen LogP contribution in [0.25, 0.3) is 0 Å². The lowest BCUT2D eigenvalue weighted by Crippen LogP contribution is -2.35. The van der Waals surface area contributed by atoms with E-state index in [0.29, 0.717) is 5.92 Å². The van der Waals surface area contributed by atoms with Crippen LogP contribution in [0.5, 0.6) is 0 Å². The van der Waals surface area contributed by atoms with E-state index in [1.54, 1.807) is 0 Å². The lowest BCUT2D eigenvalue weighted by Gasteiger charge is -2.29. The number of rotatable bonds is 1. The molecule has 1 rings (SSSR count). The molecule has 0 amide bonds. The number of hydrogen-bond acceptors (Lipinski definition) is 2. The Bertz CT molecular complexity index is 468. The zero-order chi connectivity index (χ0) is 16.8. The van der Waals surface area contributed by atoms with Crippen molar-refractivity contribution in [2.45, 2.75) is 72.3 Å². The average molecular weight is 304 g/mol. The van der Waals surface area contributed by atoms with Crippen LogP contribution in [0.4, 0.5) is 0 Å². The first-order valence-electron chi connectivity index (χ1n) is 8.52. The topological polar surface area (TPSA) is 37.3 Å². The number of hydrogen-bond donors (Lipinski definition) is 1. The van der Waals surface area contributed by atoms with Crippen LogP contribution >= 0.6 is 0 Å². The fourth-order valence-electron chi connectivity index (χ4n) is 2.60. The highest BCUT2D eigenvalue weighted by atomic mass is 16.3. The van der Waals surface area contributed by atoms with Gasteiger partial charge in [-0.1, -0.05) is 50.6 Å². The molecule has 2 nitrogen and oxygen atoms in total. The lowest BCUT2D eigenvalue weighted by molar-refractivity contribution is -0.120. The lowest BCUT2D eigenvalue weighted by atomic mass is 9.82. The molecule has 22 heavy (non-hydrogen) atoms. The summed E-state index contributed by atoms with van der Waals surface area (Å²) < 4.78 is 0. The summed E-state index contributed by atoms with van der Waals surface area (Å²) in [5, 5.41) is 10.9. The van der Waals surface area contributed by atoms with E-state index in [1.165, 1.54) is 5.57 Å². The highest BCUT2D eigenvalue weighted by molar-refractivity contribution is 5.95. The Hall–Kier alpha value is -1.15. The molecule has 2 heteroatoms. The fourth-order valence-corrected chi connectivity index (χ4v) is 2.60. The molecule has 0 aromatic carbocycles. The van der Waals surface area contributed by atoms with E-state index in [4.69, 9.17) is 0 Å². The summed E-state index contributed by atoms with van der Waals surface area (Å²) in [6, 6.07) is 0. The SMILES string of the molecule is C/C1=C\CC[C@H](C)/C=C/[C@@](O)(C(C)C)CC(=O)/C(C)=C/CC1. The molecule has 0 aliphatic heterocycles. The van der Waals surface area contributed by atoms with Crippen molar-refractivity contribution in [2.24, 2.45) is 11.8 Å². The van der Waals surface area contributed by atoms with Gasteiger partial charge in [0, 0.05) is 6.42 Å². The van der Waals surface area contributed by atoms with Crippen LogP contribution in [0.15, 0.2) is 35.5 Å². The third kappa shape index (κ3) is 5.92. The Morgan fingerprint density at radius 3 is 2.55 bits per heavy atom. The minimum Gasteiger partial charge on any atom is -0.385 e. The third-order valence-corrected chi connectivity index (χ3v) is 4.70. The van der Waals surface area contributed by atoms with E-state index in [1.807, 2.05) is 32.9 Å². The smallest absolute Gasteiger partial charge is 0.161 e. The van der Waals surface area contributed by atoms with Gasteiger partial charge in [0.15, 0.2) is 5.78 Å². The number of Topliss-reactive ketones (excluding diaryl/α,β-unsaturated/α-hetero) is 1. The molecule has 0 saturated carbocycles. The van der Waals surface area contributed by atoms with E-state index < -0.39 is 5.60 Å². The van der Waals surface area contributed by atoms with Crippen LogP contribution in [-0.2, 0) is 4.79 Å². The molecule has 2 atom stereocenters. The van der Waals surface area contributed by atoms with E-state index in [0.717, 1.165) is 31.3 Å². The predicted octanol–water partition coefficient (Wildman–Crippen LogP) is 4.99. The van der Waals surface area contributed by atoms with Crippen LogP contribution in [0, 0.1) is 11.8 Å². The number of aliphatic hydroxyl groups is 1. The summed E-state index contributed by atoms with van der Waals surface area (Å²) in [5.41, 5.74) is 1.12. The highest BCUT2D eigenvalue weighted by Gasteiger charge is 2.31. The summed E-state index contributed by atoms with van der Waals surface area (Å²) in [4.78, 5) is 12.4. The van der Waals surface area contributed by atoms with Gasteiger partial charge in [0.25, 0.3) is 0 Å². The largest absolute Gasteiger partial charge is 0.385 e. The van der Waals surface area contributed by atoms with Gasteiger partial charge in [-0.2, -0.15) is 0 Å². The second-order valence-corrected chi connectivity index (χ2v) is 7.14. The molecule has 124 valence electrons. The number of allylic oxidation sites excluding steroid dienone is 5. The van der Waals surface area contributed by atoms with Gasteiger partial charge < -0.3 is 5.11 Å². The maximum atomic E-state index is 12.4. The fraction of sp³-hybridized carbons (Fsp3) is 0.650. The standard InChI is InChI=1S/C20H32O2/c1-15(2)20(22)13-12-17(4)9-6-8-16(3)10-7-11-18(5)19(21)14-20/h8,11-13,15,17,22H,6-7,9-10,14H2,1-5H3/b13-12+,16-8+,18-11+/t17-,20-/m0/s1. The molecule has 0 heterocycles. The summed E-state index contributed by atoms with van der Waals surface area (Å²) in [5.74, 6) is 0.471. The number of ketones is 1. The molecule has 0 spiro atoms. The van der Waals surface area contributed by atoms with Crippen molar-refractivity contribution in [1.82, 2.24) is 0 Å². The highest BCUT2D eigenvalue weighted by Crippen LogP contribution is 2.26. The first kappa shape index (κ1) is 18.9. The first-order valence-corrected chi connectivity index (χ1v) is 8.52. The summed E-state index contributed by atoms with van der Waals surface area (Å²) in [7, 11) is 0. The Balaban J connectivity index is 3.04. The minimum atomic E-state index is -1.05. The minimum absolute atomic E-state index is 0.0164. The Labute approximate surface area is 136 Å². The van der Waals surface area contributed by atoms with Gasteiger partial charge in [-0.05, 0) is 56.9 Å². The van der Waals surface area contributed by atoms with Crippen LogP contribution in [0.3, 0.4) is 0 Å². The van der Waals surface area contributed by atoms with Crippen molar-refractivity contribution >= 4 is 5.78 Å². The Morgan fingerprint density at radius 2 is 1.91 bits per heavy atom. The molecular weight excluding hydrogens is 272 g/mol. The molecule has 0 aromatic heterocycles. The van der Waals surface area contributed by atoms with Gasteiger partial charge in [0.05, 0.1) is 5.60 Å². The Kier molecular flexibility index (Phi) is 7.28. The summed E-state index contributed by atoms with van der Waals surface area (Å²) >= 11 is 0. The molecule has 1 aliphatic carbocycles. The number of carbonyl (C=O) groups is 1. The van der Waals surface area contributed by atoms with E-state index >= 15 is 0 Å². The van der Waals surface area contributed by atoms with Gasteiger partial charge in [0.2, 0.25) is 0 Å². The first-order chi connectivity index (χ1) is 10.2. The molecular formula is C20H32O2. The predicted molar refractivity (Wildman–Crippen MR) is 93.7 cm³/mol. The van der Waals surface area contributed by atoms with E-state index in [2.05, 4.69) is 26.0 Å². The normalized spacial score (nSPS) is 35.2. The maximum absolute atomic E-state index is 12.4. The molecule has 0 aromatic rings. The molecule has 0 unspecified atom stereocenters. The quantitative estimate of drug-likeness (QED) is 0.693. The monoisotopic (exact) mass is 304 g/mol. The van der Waals surface area contributed by atoms with Gasteiger partial charge in [-0.15, -0.1) is 0 Å². The number of carbonyl (C=O) groups excluding carboxylic acids is 1. The van der Waals surface area contributed by atoms with Crippen molar-refractivity contribution < 1.29 is 9.90 Å². The Morgan fingerprint density at radius 1 is 1.23 bits per heavy atom. The van der Waals surface area contributed by atoms with Crippen LogP contribution in [0.2, 0.25) is 0 Å². The molecule has 0 fully saturated rings. The van der Waals surface area contributed by atoms with Crippen molar-refractivity contribution in [3.8, 4) is 0 Å². The van der Waals surface area contributed by atoms with E-state index in [9.17, 15) is 9.90 Å². The molecule has 0 saturated heterocycles. The summed E-state index contributed by atoms with van der Waals surface area (Å²) in [6.45, 7) is 10.1. The van der Waals surface area contributed by atoms with Crippen LogP contribution in [-0.4, -0.2) is 16.5 Å². The van der Waals surface area contributed by atoms with Crippen molar-refractivity contribution in [1.29, 1.82) is 0 Å². The van der Waals surface area contributed by atoms with Gasteiger partial charge >= 0.3 is 0 Å². The van der Waals surface area contributed by atoms with E-state index in [-0.39, 0.29) is 18.1 Å². The zero-order valence-corrected chi connectivity index (χ0v) is 14.9. The van der Waals surface area contributed by atoms with Crippen molar-refractivity contribution in [2.75, 3.05) is 0 Å². The summed E-state index contributed by atoms with van der Waals surface area (Å²) in [6.07, 6.45) is 12.5. The zero-order valence-electron chi connectivity index (χ0n) is 14.9. The molecule has 0 radical (unpaired) electrons. The van der Waals surface area contributed by atoms with Gasteiger partial charge in [0.1, 0.15) is 0 Å². The molecule has 0 bridgehead atoms. The second kappa shape index (κ2) is 8.47. The van der Waals surface area contributed by atoms with Gasteiger partial charge in [-0.3, -0.25) is 4.79 Å². The maximum Gasteiger partial charge on any atom is 0.161 e. The molecule has 1 aliphatic rings. The third-order valence-electron chi connectivity index (χ3n) is 4.70. The van der Waals surface area contributed by atoms with Crippen molar-refractivity contribution in [3.05, 3.63) is 35.5 Å². The average Bonchev–Trinajstić information content (AvgIpc) is 2.44. The van der Waals surface area contributed by atoms with Crippen molar-refractivity contribution in [3.63, 3.8) is 0 Å². The molecule has 1 N–H and O–H groups in total. The van der Waals surface area contributed by atoms with Crippen LogP contribution < -0.4 is 0 Å². The second-order valence-electron chi connectivity index (χ2n) is 7.14. The van der Waals surface area contributed by atoms with Gasteiger partial charge in [-0.25, -0.2) is 0 Å².